The monoisotopic (exact) mass is 264 g/mol. The number of nitrogens with one attached hydrogen (secondary N) is 2. The third-order valence-electron chi connectivity index (χ3n) is 3.32. The summed E-state index contributed by atoms with van der Waals surface area (Å²) in [5, 5.41) is 6.28. The zero-order valence-electron chi connectivity index (χ0n) is 11.4. The number of carbonyl (C=O) groups is 1. The van der Waals surface area contributed by atoms with Crippen LogP contribution < -0.4 is 20.1 Å². The highest BCUT2D eigenvalue weighted by Gasteiger charge is 2.17. The molecule has 1 aromatic carbocycles. The maximum absolute atomic E-state index is 12.1. The molecule has 1 unspecified atom stereocenters. The molecular formula is C14H20N2O3. The van der Waals surface area contributed by atoms with Gasteiger partial charge in [0.1, 0.15) is 11.5 Å². The predicted molar refractivity (Wildman–Crippen MR) is 72.9 cm³/mol. The lowest BCUT2D eigenvalue weighted by Gasteiger charge is -2.13. The molecule has 1 aliphatic heterocycles. The van der Waals surface area contributed by atoms with Crippen LogP contribution in [0.3, 0.4) is 0 Å². The zero-order chi connectivity index (χ0) is 13.7. The van der Waals surface area contributed by atoms with Crippen molar-refractivity contribution in [2.24, 2.45) is 0 Å². The Hall–Kier alpha value is -1.75. The Labute approximate surface area is 113 Å². The van der Waals surface area contributed by atoms with Gasteiger partial charge in [-0.25, -0.2) is 0 Å². The second kappa shape index (κ2) is 6.43. The first kappa shape index (κ1) is 13.7. The number of ether oxygens (including phenoxy) is 2. The molecule has 0 spiro atoms. The first-order valence-electron chi connectivity index (χ1n) is 6.48. The summed E-state index contributed by atoms with van der Waals surface area (Å²) in [6.45, 7) is 1.68. The molecule has 0 bridgehead atoms. The van der Waals surface area contributed by atoms with Crippen LogP contribution in [-0.4, -0.2) is 39.3 Å². The predicted octanol–water partition coefficient (Wildman–Crippen LogP) is 1.19. The summed E-state index contributed by atoms with van der Waals surface area (Å²) in [6, 6.07) is 5.57. The van der Waals surface area contributed by atoms with Gasteiger partial charge < -0.3 is 20.1 Å². The highest BCUT2D eigenvalue weighted by molar-refractivity contribution is 5.97. The molecular weight excluding hydrogens is 244 g/mol. The Kier molecular flexibility index (Phi) is 4.63. The molecule has 19 heavy (non-hydrogen) atoms. The minimum Gasteiger partial charge on any atom is -0.497 e. The molecule has 2 rings (SSSR count). The van der Waals surface area contributed by atoms with E-state index in [1.165, 1.54) is 6.42 Å². The molecule has 1 amide bonds. The number of benzene rings is 1. The van der Waals surface area contributed by atoms with E-state index in [1.54, 1.807) is 32.4 Å². The fraction of sp³-hybridized carbons (Fsp3) is 0.500. The third kappa shape index (κ3) is 3.38. The van der Waals surface area contributed by atoms with E-state index in [-0.39, 0.29) is 5.91 Å². The van der Waals surface area contributed by atoms with Gasteiger partial charge in [0, 0.05) is 18.7 Å². The van der Waals surface area contributed by atoms with Gasteiger partial charge in [-0.05, 0) is 31.5 Å². The van der Waals surface area contributed by atoms with Crippen LogP contribution in [0.15, 0.2) is 18.2 Å². The van der Waals surface area contributed by atoms with Crippen molar-refractivity contribution in [3.8, 4) is 11.5 Å². The van der Waals surface area contributed by atoms with E-state index in [0.717, 1.165) is 13.0 Å². The van der Waals surface area contributed by atoms with E-state index >= 15 is 0 Å². The molecule has 1 atom stereocenters. The normalized spacial score (nSPS) is 18.1. The Bertz CT molecular complexity index is 442. The number of hydrogen-bond acceptors (Lipinski definition) is 4. The van der Waals surface area contributed by atoms with Gasteiger partial charge in [0.25, 0.3) is 5.91 Å². The molecule has 1 heterocycles. The van der Waals surface area contributed by atoms with Crippen LogP contribution >= 0.6 is 0 Å². The van der Waals surface area contributed by atoms with Crippen molar-refractivity contribution in [1.29, 1.82) is 0 Å². The molecule has 0 saturated carbocycles. The average Bonchev–Trinajstić information content (AvgIpc) is 2.97. The Balaban J connectivity index is 2.01. The van der Waals surface area contributed by atoms with Crippen LogP contribution in [0.25, 0.3) is 0 Å². The molecule has 0 radical (unpaired) electrons. The highest BCUT2D eigenvalue weighted by Crippen LogP contribution is 2.24. The summed E-state index contributed by atoms with van der Waals surface area (Å²) in [4.78, 5) is 12.1. The van der Waals surface area contributed by atoms with Gasteiger partial charge in [0.2, 0.25) is 0 Å². The minimum atomic E-state index is -0.117. The van der Waals surface area contributed by atoms with Crippen LogP contribution in [0.5, 0.6) is 11.5 Å². The Morgan fingerprint density at radius 3 is 2.89 bits per heavy atom. The number of carbonyl (C=O) groups excluding carboxylic acids is 1. The van der Waals surface area contributed by atoms with Crippen molar-refractivity contribution in [2.75, 3.05) is 27.3 Å². The standard InChI is InChI=1S/C14H20N2O3/c1-18-11-5-6-12(13(8-11)19-2)14(17)16-9-10-4-3-7-15-10/h5-6,8,10,15H,3-4,7,9H2,1-2H3,(H,16,17). The second-order valence-corrected chi connectivity index (χ2v) is 4.57. The minimum absolute atomic E-state index is 0.117. The van der Waals surface area contributed by atoms with Crippen LogP contribution in [0, 0.1) is 0 Å². The van der Waals surface area contributed by atoms with Crippen molar-refractivity contribution in [2.45, 2.75) is 18.9 Å². The van der Waals surface area contributed by atoms with Gasteiger partial charge in [-0.2, -0.15) is 0 Å². The quantitative estimate of drug-likeness (QED) is 0.838. The first-order chi connectivity index (χ1) is 9.24. The molecule has 5 heteroatoms. The summed E-state index contributed by atoms with van der Waals surface area (Å²) >= 11 is 0. The summed E-state index contributed by atoms with van der Waals surface area (Å²) in [5.41, 5.74) is 0.529. The van der Waals surface area contributed by atoms with Gasteiger partial charge in [-0.1, -0.05) is 0 Å². The van der Waals surface area contributed by atoms with Gasteiger partial charge in [-0.3, -0.25) is 4.79 Å². The molecule has 0 aromatic heterocycles. The number of amides is 1. The number of rotatable bonds is 5. The van der Waals surface area contributed by atoms with Crippen LogP contribution in [0.2, 0.25) is 0 Å². The molecule has 104 valence electrons. The van der Waals surface area contributed by atoms with E-state index < -0.39 is 0 Å². The topological polar surface area (TPSA) is 59.6 Å². The largest absolute Gasteiger partial charge is 0.497 e. The summed E-state index contributed by atoms with van der Waals surface area (Å²) in [5.74, 6) is 1.08. The number of methoxy groups -OCH3 is 2. The number of hydrogen-bond donors (Lipinski definition) is 2. The smallest absolute Gasteiger partial charge is 0.255 e. The molecule has 0 aliphatic carbocycles. The molecule has 1 saturated heterocycles. The summed E-state index contributed by atoms with van der Waals surface area (Å²) in [7, 11) is 3.13. The van der Waals surface area contributed by atoms with Crippen molar-refractivity contribution in [1.82, 2.24) is 10.6 Å². The third-order valence-corrected chi connectivity index (χ3v) is 3.32. The van der Waals surface area contributed by atoms with Gasteiger partial charge in [0.15, 0.2) is 0 Å². The molecule has 2 N–H and O–H groups in total. The lowest BCUT2D eigenvalue weighted by atomic mass is 10.1. The highest BCUT2D eigenvalue weighted by atomic mass is 16.5. The summed E-state index contributed by atoms with van der Waals surface area (Å²) < 4.78 is 10.3. The second-order valence-electron chi connectivity index (χ2n) is 4.57. The van der Waals surface area contributed by atoms with E-state index in [1.807, 2.05) is 0 Å². The van der Waals surface area contributed by atoms with Crippen LogP contribution in [0.1, 0.15) is 23.2 Å². The van der Waals surface area contributed by atoms with Crippen LogP contribution in [0.4, 0.5) is 0 Å². The van der Waals surface area contributed by atoms with E-state index in [4.69, 9.17) is 9.47 Å². The SMILES string of the molecule is COc1ccc(C(=O)NCC2CCCN2)c(OC)c1. The van der Waals surface area contributed by atoms with E-state index in [0.29, 0.717) is 29.6 Å². The van der Waals surface area contributed by atoms with E-state index in [2.05, 4.69) is 10.6 Å². The lowest BCUT2D eigenvalue weighted by molar-refractivity contribution is 0.0947. The lowest BCUT2D eigenvalue weighted by Crippen LogP contribution is -2.37. The van der Waals surface area contributed by atoms with Gasteiger partial charge in [0.05, 0.1) is 19.8 Å². The Morgan fingerprint density at radius 2 is 2.26 bits per heavy atom. The average molecular weight is 264 g/mol. The molecule has 1 aliphatic rings. The zero-order valence-corrected chi connectivity index (χ0v) is 11.4. The van der Waals surface area contributed by atoms with Crippen molar-refractivity contribution >= 4 is 5.91 Å². The molecule has 1 aromatic rings. The van der Waals surface area contributed by atoms with Crippen LogP contribution in [-0.2, 0) is 0 Å². The van der Waals surface area contributed by atoms with E-state index in [9.17, 15) is 4.79 Å². The molecule has 1 fully saturated rings. The van der Waals surface area contributed by atoms with Crippen molar-refractivity contribution in [3.05, 3.63) is 23.8 Å². The fourth-order valence-electron chi connectivity index (χ4n) is 2.23. The maximum Gasteiger partial charge on any atom is 0.255 e. The van der Waals surface area contributed by atoms with Crippen molar-refractivity contribution in [3.63, 3.8) is 0 Å². The van der Waals surface area contributed by atoms with Gasteiger partial charge in [-0.15, -0.1) is 0 Å². The first-order valence-corrected chi connectivity index (χ1v) is 6.48. The summed E-state index contributed by atoms with van der Waals surface area (Å²) in [6.07, 6.45) is 2.28. The van der Waals surface area contributed by atoms with Gasteiger partial charge >= 0.3 is 0 Å². The Morgan fingerprint density at radius 1 is 1.42 bits per heavy atom. The molecule has 5 nitrogen and oxygen atoms in total. The maximum atomic E-state index is 12.1. The van der Waals surface area contributed by atoms with Crippen molar-refractivity contribution < 1.29 is 14.3 Å². The fourth-order valence-corrected chi connectivity index (χ4v) is 2.23.